The number of nitrogens with zero attached hydrogens (tertiary/aromatic N) is 3. The van der Waals surface area contributed by atoms with Gasteiger partial charge in [-0.1, -0.05) is 24.3 Å². The number of para-hydroxylation sites is 1. The van der Waals surface area contributed by atoms with E-state index in [2.05, 4.69) is 21.0 Å². The fourth-order valence-corrected chi connectivity index (χ4v) is 2.56. The smallest absolute Gasteiger partial charge is 0.183 e. The van der Waals surface area contributed by atoms with E-state index in [0.29, 0.717) is 11.5 Å². The maximum atomic E-state index is 9.40. The van der Waals surface area contributed by atoms with E-state index in [9.17, 15) is 5.26 Å². The summed E-state index contributed by atoms with van der Waals surface area (Å²) in [5.41, 5.74) is 3.78. The van der Waals surface area contributed by atoms with E-state index in [4.69, 9.17) is 4.74 Å². The van der Waals surface area contributed by atoms with E-state index in [-0.39, 0.29) is 5.69 Å². The maximum absolute atomic E-state index is 9.40. The SMILES string of the molecule is N#Cc1nccc(-c2ccc3[nH]cnc3c2)c1Oc1ccccc1. The van der Waals surface area contributed by atoms with Gasteiger partial charge in [-0.15, -0.1) is 0 Å². The van der Waals surface area contributed by atoms with E-state index in [1.54, 1.807) is 12.5 Å². The van der Waals surface area contributed by atoms with Gasteiger partial charge >= 0.3 is 0 Å². The Kier molecular flexibility index (Phi) is 3.41. The van der Waals surface area contributed by atoms with Crippen LogP contribution in [0.1, 0.15) is 5.69 Å². The monoisotopic (exact) mass is 312 g/mol. The van der Waals surface area contributed by atoms with E-state index in [1.165, 1.54) is 0 Å². The first-order valence-electron chi connectivity index (χ1n) is 7.40. The standard InChI is InChI=1S/C19H12N4O/c20-11-18-19(24-14-4-2-1-3-5-14)15(8-9-21-18)13-6-7-16-17(10-13)23-12-22-16/h1-10,12H,(H,22,23). The van der Waals surface area contributed by atoms with Crippen molar-refractivity contribution in [2.75, 3.05) is 0 Å². The molecule has 0 unspecified atom stereocenters. The van der Waals surface area contributed by atoms with Crippen LogP contribution >= 0.6 is 0 Å². The lowest BCUT2D eigenvalue weighted by Gasteiger charge is -2.12. The molecule has 5 nitrogen and oxygen atoms in total. The van der Waals surface area contributed by atoms with Crippen LogP contribution in [0.4, 0.5) is 0 Å². The zero-order valence-corrected chi connectivity index (χ0v) is 12.6. The van der Waals surface area contributed by atoms with E-state index >= 15 is 0 Å². The molecule has 2 heterocycles. The quantitative estimate of drug-likeness (QED) is 0.612. The Labute approximate surface area is 138 Å². The highest BCUT2D eigenvalue weighted by Gasteiger charge is 2.14. The molecule has 0 spiro atoms. The van der Waals surface area contributed by atoms with Crippen molar-refractivity contribution in [3.8, 4) is 28.7 Å². The third-order valence-corrected chi connectivity index (χ3v) is 3.71. The van der Waals surface area contributed by atoms with Crippen molar-refractivity contribution in [3.63, 3.8) is 0 Å². The predicted octanol–water partition coefficient (Wildman–Crippen LogP) is 4.29. The second kappa shape index (κ2) is 5.86. The first kappa shape index (κ1) is 14.0. The Morgan fingerprint density at radius 1 is 1.00 bits per heavy atom. The van der Waals surface area contributed by atoms with Crippen LogP contribution in [0.15, 0.2) is 67.1 Å². The average Bonchev–Trinajstić information content (AvgIpc) is 3.10. The Bertz CT molecular complexity index is 1050. The number of benzene rings is 2. The Balaban J connectivity index is 1.87. The van der Waals surface area contributed by atoms with Gasteiger partial charge in [0.2, 0.25) is 0 Å². The average molecular weight is 312 g/mol. The Hall–Kier alpha value is -3.65. The molecule has 1 N–H and O–H groups in total. The number of hydrogen-bond acceptors (Lipinski definition) is 4. The molecule has 0 fully saturated rings. The predicted molar refractivity (Wildman–Crippen MR) is 90.6 cm³/mol. The molecular weight excluding hydrogens is 300 g/mol. The molecule has 0 saturated carbocycles. The summed E-state index contributed by atoms with van der Waals surface area (Å²) in [7, 11) is 0. The van der Waals surface area contributed by atoms with Gasteiger partial charge in [0, 0.05) is 11.8 Å². The second-order valence-corrected chi connectivity index (χ2v) is 5.20. The first-order chi connectivity index (χ1) is 11.8. The molecule has 114 valence electrons. The topological polar surface area (TPSA) is 74.6 Å². The van der Waals surface area contributed by atoms with Gasteiger partial charge in [-0.3, -0.25) is 0 Å². The van der Waals surface area contributed by atoms with Crippen LogP contribution in [0.25, 0.3) is 22.2 Å². The highest BCUT2D eigenvalue weighted by atomic mass is 16.5. The molecule has 2 aromatic heterocycles. The molecule has 4 rings (SSSR count). The van der Waals surface area contributed by atoms with Crippen molar-refractivity contribution < 1.29 is 4.74 Å². The van der Waals surface area contributed by atoms with Crippen molar-refractivity contribution in [1.29, 1.82) is 5.26 Å². The number of H-pyrrole nitrogens is 1. The zero-order valence-electron chi connectivity index (χ0n) is 12.6. The normalized spacial score (nSPS) is 10.5. The fraction of sp³-hybridized carbons (Fsp3) is 0. The molecule has 0 atom stereocenters. The van der Waals surface area contributed by atoms with E-state index in [0.717, 1.165) is 22.2 Å². The van der Waals surface area contributed by atoms with Gasteiger partial charge in [-0.25, -0.2) is 9.97 Å². The summed E-state index contributed by atoms with van der Waals surface area (Å²) < 4.78 is 5.97. The summed E-state index contributed by atoms with van der Waals surface area (Å²) >= 11 is 0. The van der Waals surface area contributed by atoms with Crippen molar-refractivity contribution in [2.24, 2.45) is 0 Å². The van der Waals surface area contributed by atoms with Crippen molar-refractivity contribution in [1.82, 2.24) is 15.0 Å². The van der Waals surface area contributed by atoms with Crippen LogP contribution in [0.3, 0.4) is 0 Å². The number of aromatic nitrogens is 3. The zero-order chi connectivity index (χ0) is 16.4. The van der Waals surface area contributed by atoms with Gasteiger partial charge in [-0.05, 0) is 35.9 Å². The van der Waals surface area contributed by atoms with Crippen LogP contribution in [-0.4, -0.2) is 15.0 Å². The molecule has 0 saturated heterocycles. The lowest BCUT2D eigenvalue weighted by molar-refractivity contribution is 0.480. The largest absolute Gasteiger partial charge is 0.454 e. The third-order valence-electron chi connectivity index (χ3n) is 3.71. The van der Waals surface area contributed by atoms with Crippen LogP contribution in [0, 0.1) is 11.3 Å². The number of ether oxygens (including phenoxy) is 1. The molecule has 0 aliphatic heterocycles. The first-order valence-corrected chi connectivity index (χ1v) is 7.40. The van der Waals surface area contributed by atoms with Gasteiger partial charge in [0.1, 0.15) is 11.8 Å². The summed E-state index contributed by atoms with van der Waals surface area (Å²) in [6, 6.07) is 19.2. The lowest BCUT2D eigenvalue weighted by Crippen LogP contribution is -1.94. The number of aromatic amines is 1. The highest BCUT2D eigenvalue weighted by Crippen LogP contribution is 2.35. The number of nitriles is 1. The summed E-state index contributed by atoms with van der Waals surface area (Å²) in [6.45, 7) is 0. The molecule has 24 heavy (non-hydrogen) atoms. The molecule has 0 radical (unpaired) electrons. The van der Waals surface area contributed by atoms with Gasteiger partial charge in [0.05, 0.1) is 17.4 Å². The lowest BCUT2D eigenvalue weighted by atomic mass is 10.0. The van der Waals surface area contributed by atoms with Crippen LogP contribution in [-0.2, 0) is 0 Å². The Morgan fingerprint density at radius 2 is 1.88 bits per heavy atom. The molecule has 4 aromatic rings. The van der Waals surface area contributed by atoms with E-state index in [1.807, 2.05) is 54.6 Å². The van der Waals surface area contributed by atoms with Crippen LogP contribution in [0.5, 0.6) is 11.5 Å². The summed E-state index contributed by atoms with van der Waals surface area (Å²) in [5, 5.41) is 9.40. The van der Waals surface area contributed by atoms with Gasteiger partial charge in [-0.2, -0.15) is 5.26 Å². The summed E-state index contributed by atoms with van der Waals surface area (Å²) in [4.78, 5) is 11.5. The number of imidazole rings is 1. The van der Waals surface area contributed by atoms with Crippen molar-refractivity contribution in [3.05, 3.63) is 72.8 Å². The summed E-state index contributed by atoms with van der Waals surface area (Å²) in [5.74, 6) is 1.10. The molecule has 2 aromatic carbocycles. The van der Waals surface area contributed by atoms with Gasteiger partial charge < -0.3 is 9.72 Å². The number of fused-ring (bicyclic) bond motifs is 1. The Morgan fingerprint density at radius 3 is 2.71 bits per heavy atom. The molecule has 0 aliphatic rings. The number of nitrogens with one attached hydrogen (secondary N) is 1. The highest BCUT2D eigenvalue weighted by molar-refractivity contribution is 5.83. The number of pyridine rings is 1. The molecule has 0 bridgehead atoms. The number of rotatable bonds is 3. The second-order valence-electron chi connectivity index (χ2n) is 5.20. The number of hydrogen-bond donors (Lipinski definition) is 1. The maximum Gasteiger partial charge on any atom is 0.183 e. The molecule has 0 aliphatic carbocycles. The van der Waals surface area contributed by atoms with Gasteiger partial charge in [0.15, 0.2) is 11.4 Å². The minimum Gasteiger partial charge on any atom is -0.454 e. The van der Waals surface area contributed by atoms with Crippen LogP contribution < -0.4 is 4.74 Å². The minimum atomic E-state index is 0.249. The molecule has 0 amide bonds. The van der Waals surface area contributed by atoms with Crippen molar-refractivity contribution in [2.45, 2.75) is 0 Å². The van der Waals surface area contributed by atoms with Gasteiger partial charge in [0.25, 0.3) is 0 Å². The third kappa shape index (κ3) is 2.46. The fourth-order valence-electron chi connectivity index (χ4n) is 2.56. The van der Waals surface area contributed by atoms with Crippen molar-refractivity contribution >= 4 is 11.0 Å². The summed E-state index contributed by atoms with van der Waals surface area (Å²) in [6.07, 6.45) is 3.27. The minimum absolute atomic E-state index is 0.249. The van der Waals surface area contributed by atoms with E-state index < -0.39 is 0 Å². The molecule has 5 heteroatoms. The molecular formula is C19H12N4O. The van der Waals surface area contributed by atoms with Crippen LogP contribution in [0.2, 0.25) is 0 Å².